The van der Waals surface area contributed by atoms with Crippen LogP contribution in [0.2, 0.25) is 0 Å². The molecular weight excluding hydrogens is 395 g/mol. The van der Waals surface area contributed by atoms with E-state index in [1.165, 1.54) is 18.4 Å². The van der Waals surface area contributed by atoms with Crippen LogP contribution in [-0.2, 0) is 6.18 Å². The maximum atomic E-state index is 13.5. The molecule has 0 aliphatic carbocycles. The molecule has 2 rings (SSSR count). The Balaban J connectivity index is 2.17. The molecule has 0 bridgehead atoms. The molecule has 0 amide bonds. The Morgan fingerprint density at radius 2 is 1.73 bits per heavy atom. The van der Waals surface area contributed by atoms with Gasteiger partial charge in [0.2, 0.25) is 0 Å². The smallest absolute Gasteiger partial charge is 0.421 e. The van der Waals surface area contributed by atoms with Gasteiger partial charge in [-0.1, -0.05) is 40.0 Å². The van der Waals surface area contributed by atoms with E-state index < -0.39 is 11.7 Å². The first-order valence-electron chi connectivity index (χ1n) is 10.3. The fraction of sp³-hybridized carbons (Fsp3) is 0.545. The maximum Gasteiger partial charge on any atom is 0.421 e. The molecule has 2 aromatic rings. The lowest BCUT2D eigenvalue weighted by atomic mass is 10.2. The highest BCUT2D eigenvalue weighted by Crippen LogP contribution is 2.38. The van der Waals surface area contributed by atoms with Crippen LogP contribution in [0.4, 0.5) is 24.7 Å². The van der Waals surface area contributed by atoms with Crippen molar-refractivity contribution in [3.05, 3.63) is 36.0 Å². The number of rotatable bonds is 11. The molecule has 0 fully saturated rings. The van der Waals surface area contributed by atoms with Crippen LogP contribution >= 0.6 is 0 Å². The Kier molecular flexibility index (Phi) is 8.74. The van der Waals surface area contributed by atoms with Gasteiger partial charge in [-0.3, -0.25) is 0 Å². The van der Waals surface area contributed by atoms with Crippen molar-refractivity contribution in [2.24, 2.45) is 5.92 Å². The third-order valence-corrected chi connectivity index (χ3v) is 4.41. The normalized spacial score (nSPS) is 11.6. The zero-order valence-electron chi connectivity index (χ0n) is 18.0. The van der Waals surface area contributed by atoms with Crippen LogP contribution < -0.4 is 14.4 Å². The van der Waals surface area contributed by atoms with E-state index in [2.05, 4.69) is 16.9 Å². The van der Waals surface area contributed by atoms with Gasteiger partial charge in [0.05, 0.1) is 13.2 Å². The summed E-state index contributed by atoms with van der Waals surface area (Å²) in [6.07, 6.45) is 0.617. The Bertz CT molecular complexity index is 780. The van der Waals surface area contributed by atoms with Crippen LogP contribution in [0.5, 0.6) is 11.8 Å². The molecule has 30 heavy (non-hydrogen) atoms. The average Bonchev–Trinajstić information content (AvgIpc) is 2.71. The third-order valence-electron chi connectivity index (χ3n) is 4.41. The standard InChI is InChI=1S/C22H30F3N3O2/c1-5-6-7-8-13-29-18-11-9-17(10-12-18)28(4)20-19(22(23,24)25)14-26-21(27-20)30-15-16(2)3/h9-12,14,16H,5-8,13,15H2,1-4H3. The largest absolute Gasteiger partial charge is 0.494 e. The van der Waals surface area contributed by atoms with Crippen molar-refractivity contribution in [3.63, 3.8) is 0 Å². The third kappa shape index (κ3) is 7.07. The zero-order chi connectivity index (χ0) is 22.1. The van der Waals surface area contributed by atoms with E-state index in [0.29, 0.717) is 24.7 Å². The van der Waals surface area contributed by atoms with Crippen LogP contribution in [0.1, 0.15) is 52.0 Å². The summed E-state index contributed by atoms with van der Waals surface area (Å²) in [6.45, 7) is 6.96. The number of aromatic nitrogens is 2. The molecule has 1 heterocycles. The van der Waals surface area contributed by atoms with Gasteiger partial charge in [0.15, 0.2) is 5.82 Å². The van der Waals surface area contributed by atoms with Gasteiger partial charge < -0.3 is 14.4 Å². The number of alkyl halides is 3. The van der Waals surface area contributed by atoms with Crippen molar-refractivity contribution in [3.8, 4) is 11.8 Å². The second kappa shape index (κ2) is 11.0. The first-order chi connectivity index (χ1) is 14.2. The van der Waals surface area contributed by atoms with E-state index in [-0.39, 0.29) is 17.7 Å². The first-order valence-corrected chi connectivity index (χ1v) is 10.3. The van der Waals surface area contributed by atoms with Crippen LogP contribution in [0.25, 0.3) is 0 Å². The highest BCUT2D eigenvalue weighted by molar-refractivity contribution is 5.63. The molecule has 1 aromatic heterocycles. The Morgan fingerprint density at radius 3 is 2.33 bits per heavy atom. The maximum absolute atomic E-state index is 13.5. The molecule has 0 aliphatic rings. The van der Waals surface area contributed by atoms with Gasteiger partial charge in [-0.05, 0) is 36.6 Å². The average molecular weight is 425 g/mol. The molecule has 0 spiro atoms. The number of hydrogen-bond donors (Lipinski definition) is 0. The molecule has 8 heteroatoms. The Hall–Kier alpha value is -2.51. The molecule has 0 atom stereocenters. The summed E-state index contributed by atoms with van der Waals surface area (Å²) in [5.41, 5.74) is -0.370. The number of hydrogen-bond acceptors (Lipinski definition) is 5. The monoisotopic (exact) mass is 425 g/mol. The van der Waals surface area contributed by atoms with Crippen LogP contribution in [0.15, 0.2) is 30.5 Å². The van der Waals surface area contributed by atoms with E-state index in [9.17, 15) is 13.2 Å². The number of halogens is 3. The highest BCUT2D eigenvalue weighted by Gasteiger charge is 2.36. The molecule has 166 valence electrons. The molecule has 0 radical (unpaired) electrons. The van der Waals surface area contributed by atoms with Gasteiger partial charge in [-0.2, -0.15) is 18.2 Å². The van der Waals surface area contributed by atoms with E-state index in [0.717, 1.165) is 25.5 Å². The minimum absolute atomic E-state index is 0.0782. The van der Waals surface area contributed by atoms with Crippen molar-refractivity contribution in [1.29, 1.82) is 0 Å². The van der Waals surface area contributed by atoms with E-state index in [4.69, 9.17) is 9.47 Å². The van der Waals surface area contributed by atoms with Crippen LogP contribution in [0, 0.1) is 5.92 Å². The lowest BCUT2D eigenvalue weighted by Gasteiger charge is -2.23. The predicted molar refractivity (Wildman–Crippen MR) is 112 cm³/mol. The van der Waals surface area contributed by atoms with Gasteiger partial charge in [0.25, 0.3) is 0 Å². The fourth-order valence-electron chi connectivity index (χ4n) is 2.73. The minimum atomic E-state index is -4.58. The molecule has 0 saturated carbocycles. The topological polar surface area (TPSA) is 47.5 Å². The lowest BCUT2D eigenvalue weighted by molar-refractivity contribution is -0.137. The summed E-state index contributed by atoms with van der Waals surface area (Å²) < 4.78 is 51.6. The van der Waals surface area contributed by atoms with Crippen molar-refractivity contribution < 1.29 is 22.6 Å². The number of ether oxygens (including phenoxy) is 2. The number of nitrogens with zero attached hydrogens (tertiary/aromatic N) is 3. The molecule has 0 N–H and O–H groups in total. The number of benzene rings is 1. The van der Waals surface area contributed by atoms with Gasteiger partial charge >= 0.3 is 12.2 Å². The summed E-state index contributed by atoms with van der Waals surface area (Å²) in [6, 6.07) is 6.83. The second-order valence-corrected chi connectivity index (χ2v) is 7.55. The quantitative estimate of drug-likeness (QED) is 0.398. The van der Waals surface area contributed by atoms with Crippen LogP contribution in [0.3, 0.4) is 0 Å². The van der Waals surface area contributed by atoms with Crippen molar-refractivity contribution in [1.82, 2.24) is 9.97 Å². The van der Waals surface area contributed by atoms with Crippen molar-refractivity contribution in [2.75, 3.05) is 25.2 Å². The van der Waals surface area contributed by atoms with E-state index in [1.807, 2.05) is 13.8 Å². The SMILES string of the molecule is CCCCCCOc1ccc(N(C)c2nc(OCC(C)C)ncc2C(F)(F)F)cc1. The van der Waals surface area contributed by atoms with Gasteiger partial charge in [0, 0.05) is 18.9 Å². The molecule has 1 aromatic carbocycles. The van der Waals surface area contributed by atoms with Gasteiger partial charge in [-0.15, -0.1) is 0 Å². The van der Waals surface area contributed by atoms with Gasteiger partial charge in [0.1, 0.15) is 11.3 Å². The summed E-state index contributed by atoms with van der Waals surface area (Å²) >= 11 is 0. The lowest BCUT2D eigenvalue weighted by Crippen LogP contribution is -2.20. The fourth-order valence-corrected chi connectivity index (χ4v) is 2.73. The van der Waals surface area contributed by atoms with Crippen LogP contribution in [-0.4, -0.2) is 30.2 Å². The van der Waals surface area contributed by atoms with E-state index in [1.54, 1.807) is 24.3 Å². The molecule has 0 unspecified atom stereocenters. The second-order valence-electron chi connectivity index (χ2n) is 7.55. The molecule has 5 nitrogen and oxygen atoms in total. The molecular formula is C22H30F3N3O2. The number of anilines is 2. The number of unbranched alkanes of at least 4 members (excludes halogenated alkanes) is 3. The Morgan fingerprint density at radius 1 is 1.03 bits per heavy atom. The first kappa shape index (κ1) is 23.8. The van der Waals surface area contributed by atoms with Gasteiger partial charge in [-0.25, -0.2) is 4.98 Å². The molecule has 0 aliphatic heterocycles. The summed E-state index contributed by atoms with van der Waals surface area (Å²) in [7, 11) is 1.53. The van der Waals surface area contributed by atoms with E-state index >= 15 is 0 Å². The predicted octanol–water partition coefficient (Wildman–Crippen LogP) is 6.26. The summed E-state index contributed by atoms with van der Waals surface area (Å²) in [5.74, 6) is 0.624. The summed E-state index contributed by atoms with van der Waals surface area (Å²) in [5, 5.41) is 0. The Labute approximate surface area is 176 Å². The summed E-state index contributed by atoms with van der Waals surface area (Å²) in [4.78, 5) is 9.12. The van der Waals surface area contributed by atoms with Crippen molar-refractivity contribution in [2.45, 2.75) is 52.6 Å². The zero-order valence-corrected chi connectivity index (χ0v) is 18.0. The minimum Gasteiger partial charge on any atom is -0.494 e. The van der Waals surface area contributed by atoms with Crippen molar-refractivity contribution >= 4 is 11.5 Å². The highest BCUT2D eigenvalue weighted by atomic mass is 19.4. The molecule has 0 saturated heterocycles.